The molecule has 3 aromatic rings. The fourth-order valence-corrected chi connectivity index (χ4v) is 3.22. The van der Waals surface area contributed by atoms with Crippen LogP contribution in [0, 0.1) is 12.7 Å². The Morgan fingerprint density at radius 2 is 1.88 bits per heavy atom. The van der Waals surface area contributed by atoms with Crippen molar-refractivity contribution in [3.05, 3.63) is 75.2 Å². The van der Waals surface area contributed by atoms with Gasteiger partial charge in [-0.05, 0) is 36.8 Å². The molecule has 128 valence electrons. The Balaban J connectivity index is 1.64. The van der Waals surface area contributed by atoms with Crippen molar-refractivity contribution in [3.8, 4) is 0 Å². The van der Waals surface area contributed by atoms with Gasteiger partial charge in [-0.1, -0.05) is 12.1 Å². The fraction of sp³-hybridized carbons (Fsp3) is 0.118. The Bertz CT molecular complexity index is 888. The van der Waals surface area contributed by atoms with Crippen LogP contribution in [-0.2, 0) is 6.42 Å². The number of aromatic amines is 1. The largest absolute Gasteiger partial charge is 0.357 e. The summed E-state index contributed by atoms with van der Waals surface area (Å²) < 4.78 is 12.9. The molecular weight excluding hydrogens is 343 g/mol. The zero-order valence-corrected chi connectivity index (χ0v) is 14.1. The number of hydrazine groups is 1. The molecule has 0 aliphatic carbocycles. The Morgan fingerprint density at radius 3 is 2.56 bits per heavy atom. The molecule has 0 fully saturated rings. The van der Waals surface area contributed by atoms with E-state index < -0.39 is 11.8 Å². The van der Waals surface area contributed by atoms with Crippen LogP contribution >= 0.6 is 11.3 Å². The minimum atomic E-state index is -0.438. The molecule has 0 unspecified atom stereocenters. The summed E-state index contributed by atoms with van der Waals surface area (Å²) in [5.74, 6) is -1.16. The number of hydrogen-bond donors (Lipinski definition) is 3. The minimum absolute atomic E-state index is 0.294. The maximum atomic E-state index is 12.9. The van der Waals surface area contributed by atoms with Gasteiger partial charge in [0.15, 0.2) is 0 Å². The van der Waals surface area contributed by atoms with Crippen molar-refractivity contribution >= 4 is 23.2 Å². The summed E-state index contributed by atoms with van der Waals surface area (Å²) in [6, 6.07) is 9.43. The third-order valence-corrected chi connectivity index (χ3v) is 4.60. The van der Waals surface area contributed by atoms with Crippen molar-refractivity contribution in [3.63, 3.8) is 0 Å². The maximum absolute atomic E-state index is 12.9. The molecule has 2 heterocycles. The van der Waals surface area contributed by atoms with Crippen molar-refractivity contribution in [2.75, 3.05) is 0 Å². The van der Waals surface area contributed by atoms with Crippen LogP contribution in [0.2, 0.25) is 0 Å². The number of halogens is 1. The third kappa shape index (κ3) is 4.10. The average Bonchev–Trinajstić information content (AvgIpc) is 3.24. The molecule has 1 aromatic carbocycles. The molecule has 0 spiro atoms. The normalized spacial score (nSPS) is 10.5. The lowest BCUT2D eigenvalue weighted by molar-refractivity contribution is 0.0846. The lowest BCUT2D eigenvalue weighted by Gasteiger charge is -2.05. The van der Waals surface area contributed by atoms with Crippen LogP contribution < -0.4 is 10.9 Å². The number of H-pyrrole nitrogens is 1. The predicted molar refractivity (Wildman–Crippen MR) is 91.8 cm³/mol. The van der Waals surface area contributed by atoms with Crippen molar-refractivity contribution in [2.45, 2.75) is 13.3 Å². The van der Waals surface area contributed by atoms with Crippen molar-refractivity contribution < 1.29 is 14.0 Å². The number of benzene rings is 1. The first-order valence-electron chi connectivity index (χ1n) is 7.48. The molecule has 0 radical (unpaired) electrons. The van der Waals surface area contributed by atoms with Gasteiger partial charge in [0.1, 0.15) is 16.4 Å². The van der Waals surface area contributed by atoms with Crippen LogP contribution in [0.3, 0.4) is 0 Å². The maximum Gasteiger partial charge on any atom is 0.286 e. The molecular formula is C17H15FN4O2S. The van der Waals surface area contributed by atoms with E-state index in [1.165, 1.54) is 23.5 Å². The number of carbonyl (C=O) groups excluding carboxylic acids is 2. The van der Waals surface area contributed by atoms with Gasteiger partial charge in [0.05, 0.1) is 10.7 Å². The van der Waals surface area contributed by atoms with Gasteiger partial charge < -0.3 is 4.98 Å². The first-order chi connectivity index (χ1) is 12.0. The van der Waals surface area contributed by atoms with Crippen molar-refractivity contribution in [2.24, 2.45) is 0 Å². The molecule has 0 saturated heterocycles. The van der Waals surface area contributed by atoms with Gasteiger partial charge in [-0.2, -0.15) is 0 Å². The summed E-state index contributed by atoms with van der Waals surface area (Å²) in [4.78, 5) is 31.6. The van der Waals surface area contributed by atoms with Crippen LogP contribution in [0.15, 0.2) is 42.6 Å². The van der Waals surface area contributed by atoms with Crippen molar-refractivity contribution in [1.29, 1.82) is 0 Å². The predicted octanol–water partition coefficient (Wildman–Crippen LogP) is 2.58. The number of nitrogens with zero attached hydrogens (tertiary/aromatic N) is 1. The van der Waals surface area contributed by atoms with Crippen LogP contribution in [-0.4, -0.2) is 21.8 Å². The Labute approximate surface area is 147 Å². The van der Waals surface area contributed by atoms with E-state index in [4.69, 9.17) is 0 Å². The molecule has 8 heteroatoms. The van der Waals surface area contributed by atoms with E-state index in [1.54, 1.807) is 37.4 Å². The smallest absolute Gasteiger partial charge is 0.286 e. The quantitative estimate of drug-likeness (QED) is 0.627. The lowest BCUT2D eigenvalue weighted by atomic mass is 10.1. The van der Waals surface area contributed by atoms with Gasteiger partial charge in [0.2, 0.25) is 0 Å². The van der Waals surface area contributed by atoms with Gasteiger partial charge in [-0.25, -0.2) is 9.37 Å². The molecule has 0 aliphatic rings. The highest BCUT2D eigenvalue weighted by molar-refractivity contribution is 7.13. The molecule has 2 aromatic heterocycles. The molecule has 0 aliphatic heterocycles. The molecule has 0 bridgehead atoms. The van der Waals surface area contributed by atoms with Crippen LogP contribution in [0.4, 0.5) is 4.39 Å². The molecule has 25 heavy (non-hydrogen) atoms. The molecule has 3 rings (SSSR count). The number of aromatic nitrogens is 2. The highest BCUT2D eigenvalue weighted by atomic mass is 32.1. The van der Waals surface area contributed by atoms with E-state index in [0.29, 0.717) is 22.7 Å². The first-order valence-corrected chi connectivity index (χ1v) is 8.29. The number of amides is 2. The van der Waals surface area contributed by atoms with E-state index in [2.05, 4.69) is 20.8 Å². The zero-order chi connectivity index (χ0) is 17.8. The first kappa shape index (κ1) is 16.8. The van der Waals surface area contributed by atoms with Crippen molar-refractivity contribution in [1.82, 2.24) is 20.8 Å². The second-order valence-corrected chi connectivity index (χ2v) is 6.40. The third-order valence-electron chi connectivity index (χ3n) is 3.45. The number of carbonyl (C=O) groups is 2. The van der Waals surface area contributed by atoms with Crippen LogP contribution in [0.1, 0.15) is 36.4 Å². The molecule has 0 atom stereocenters. The average molecular weight is 358 g/mol. The zero-order valence-electron chi connectivity index (χ0n) is 13.3. The monoisotopic (exact) mass is 358 g/mol. The van der Waals surface area contributed by atoms with Gasteiger partial charge >= 0.3 is 0 Å². The molecule has 0 saturated carbocycles. The Morgan fingerprint density at radius 1 is 1.16 bits per heavy atom. The Hall–Kier alpha value is -3.00. The summed E-state index contributed by atoms with van der Waals surface area (Å²) in [5, 5.41) is 0.741. The molecule has 2 amide bonds. The fourth-order valence-electron chi connectivity index (χ4n) is 2.22. The lowest BCUT2D eigenvalue weighted by Crippen LogP contribution is -2.41. The van der Waals surface area contributed by atoms with Gasteiger partial charge in [-0.3, -0.25) is 20.4 Å². The number of nitrogens with one attached hydrogen (secondary N) is 3. The van der Waals surface area contributed by atoms with E-state index in [0.717, 1.165) is 10.6 Å². The Kier molecular flexibility index (Phi) is 4.90. The number of rotatable bonds is 4. The van der Waals surface area contributed by atoms with Gasteiger partial charge in [-0.15, -0.1) is 11.3 Å². The second-order valence-electron chi connectivity index (χ2n) is 5.32. The summed E-state index contributed by atoms with van der Waals surface area (Å²) in [5.41, 5.74) is 6.55. The summed E-state index contributed by atoms with van der Waals surface area (Å²) in [6.07, 6.45) is 2.12. The van der Waals surface area contributed by atoms with Crippen LogP contribution in [0.5, 0.6) is 0 Å². The minimum Gasteiger partial charge on any atom is -0.357 e. The van der Waals surface area contributed by atoms with E-state index in [1.807, 2.05) is 0 Å². The molecule has 6 nitrogen and oxygen atoms in total. The summed E-state index contributed by atoms with van der Waals surface area (Å²) in [7, 11) is 0. The van der Waals surface area contributed by atoms with Crippen LogP contribution in [0.25, 0.3) is 0 Å². The van der Waals surface area contributed by atoms with E-state index in [9.17, 15) is 14.0 Å². The molecule has 3 N–H and O–H groups in total. The number of thiazole rings is 1. The van der Waals surface area contributed by atoms with E-state index in [-0.39, 0.29) is 5.82 Å². The number of hydrogen-bond acceptors (Lipinski definition) is 4. The number of aryl methyl sites for hydroxylation is 1. The highest BCUT2D eigenvalue weighted by Crippen LogP contribution is 2.21. The summed E-state index contributed by atoms with van der Waals surface area (Å²) >= 11 is 1.24. The topological polar surface area (TPSA) is 86.9 Å². The highest BCUT2D eigenvalue weighted by Gasteiger charge is 2.16. The standard InChI is InChI=1S/C17H15FN4O2S/c1-10-15(17(24)22-21-16(23)13-3-2-8-19-13)25-14(20-10)9-11-4-6-12(18)7-5-11/h2-8,19H,9H2,1H3,(H,21,23)(H,22,24). The SMILES string of the molecule is Cc1nc(Cc2ccc(F)cc2)sc1C(=O)NNC(=O)c1ccc[nH]1. The van der Waals surface area contributed by atoms with E-state index >= 15 is 0 Å². The van der Waals surface area contributed by atoms with Gasteiger partial charge in [0, 0.05) is 12.6 Å². The second kappa shape index (κ2) is 7.27. The summed E-state index contributed by atoms with van der Waals surface area (Å²) in [6.45, 7) is 1.73. The van der Waals surface area contributed by atoms with Gasteiger partial charge in [0.25, 0.3) is 11.8 Å².